The summed E-state index contributed by atoms with van der Waals surface area (Å²) in [7, 11) is 0. The van der Waals surface area contributed by atoms with Crippen molar-refractivity contribution < 1.29 is 4.74 Å². The zero-order valence-electron chi connectivity index (χ0n) is 10.6. The molecule has 0 radical (unpaired) electrons. The Morgan fingerprint density at radius 2 is 2.00 bits per heavy atom. The van der Waals surface area contributed by atoms with Crippen molar-refractivity contribution in [2.75, 3.05) is 12.9 Å². The van der Waals surface area contributed by atoms with E-state index >= 15 is 0 Å². The third-order valence-corrected chi connectivity index (χ3v) is 5.11. The van der Waals surface area contributed by atoms with Gasteiger partial charge in [0.2, 0.25) is 0 Å². The topological polar surface area (TPSA) is 21.3 Å². The molecule has 1 aliphatic heterocycles. The van der Waals surface area contributed by atoms with Crippen molar-refractivity contribution in [3.63, 3.8) is 0 Å². The fourth-order valence-corrected chi connectivity index (χ4v) is 3.75. The van der Waals surface area contributed by atoms with Crippen LogP contribution >= 0.6 is 11.8 Å². The number of rotatable bonds is 4. The molecule has 1 saturated carbocycles. The predicted octanol–water partition coefficient (Wildman–Crippen LogP) is 2.82. The van der Waals surface area contributed by atoms with Gasteiger partial charge in [0.05, 0.1) is 6.10 Å². The second-order valence-electron chi connectivity index (χ2n) is 5.16. The lowest BCUT2D eigenvalue weighted by Crippen LogP contribution is -2.43. The van der Waals surface area contributed by atoms with E-state index in [-0.39, 0.29) is 0 Å². The first-order chi connectivity index (χ1) is 7.81. The van der Waals surface area contributed by atoms with Crippen LogP contribution in [0.3, 0.4) is 0 Å². The van der Waals surface area contributed by atoms with Crippen molar-refractivity contribution in [1.82, 2.24) is 5.32 Å². The Morgan fingerprint density at radius 3 is 2.69 bits per heavy atom. The van der Waals surface area contributed by atoms with Crippen molar-refractivity contribution in [1.29, 1.82) is 0 Å². The molecular weight excluding hydrogens is 218 g/mol. The van der Waals surface area contributed by atoms with Crippen molar-refractivity contribution >= 4 is 11.8 Å². The summed E-state index contributed by atoms with van der Waals surface area (Å²) < 4.78 is 5.72. The molecule has 1 N–H and O–H groups in total. The summed E-state index contributed by atoms with van der Waals surface area (Å²) in [6.45, 7) is 3.18. The van der Waals surface area contributed by atoms with Crippen molar-refractivity contribution in [3.8, 4) is 0 Å². The Hall–Kier alpha value is 0.270. The highest BCUT2D eigenvalue weighted by Gasteiger charge is 2.28. The lowest BCUT2D eigenvalue weighted by molar-refractivity contribution is -0.00180. The van der Waals surface area contributed by atoms with Crippen LogP contribution < -0.4 is 5.32 Å². The molecular formula is C13H25NOS. The summed E-state index contributed by atoms with van der Waals surface area (Å²) in [5.41, 5.74) is 0. The van der Waals surface area contributed by atoms with Gasteiger partial charge in [0.15, 0.2) is 0 Å². The third-order valence-electron chi connectivity index (χ3n) is 4.01. The highest BCUT2D eigenvalue weighted by Crippen LogP contribution is 2.29. The minimum atomic E-state index is 0.504. The summed E-state index contributed by atoms with van der Waals surface area (Å²) >= 11 is 2.04. The number of ether oxygens (including phenoxy) is 1. The number of hydrogen-bond acceptors (Lipinski definition) is 3. The average molecular weight is 243 g/mol. The van der Waals surface area contributed by atoms with Crippen LogP contribution in [-0.4, -0.2) is 36.3 Å². The minimum absolute atomic E-state index is 0.504. The molecule has 4 atom stereocenters. The van der Waals surface area contributed by atoms with Gasteiger partial charge in [-0.25, -0.2) is 0 Å². The predicted molar refractivity (Wildman–Crippen MR) is 71.1 cm³/mol. The summed E-state index contributed by atoms with van der Waals surface area (Å²) in [4.78, 5) is 0. The first-order valence-corrected chi connectivity index (χ1v) is 8.01. The molecule has 3 heteroatoms. The van der Waals surface area contributed by atoms with Crippen LogP contribution in [0, 0.1) is 0 Å². The highest BCUT2D eigenvalue weighted by atomic mass is 32.2. The maximum absolute atomic E-state index is 5.72. The van der Waals surface area contributed by atoms with Crippen LogP contribution in [0.5, 0.6) is 0 Å². The normalized spacial score (nSPS) is 40.1. The van der Waals surface area contributed by atoms with Crippen LogP contribution in [-0.2, 0) is 4.74 Å². The Labute approximate surface area is 104 Å². The van der Waals surface area contributed by atoms with E-state index in [1.807, 2.05) is 11.8 Å². The maximum Gasteiger partial charge on any atom is 0.0587 e. The van der Waals surface area contributed by atoms with Crippen LogP contribution in [0.2, 0.25) is 0 Å². The van der Waals surface area contributed by atoms with Crippen LogP contribution in [0.4, 0.5) is 0 Å². The third kappa shape index (κ3) is 3.38. The standard InChI is InChI=1S/C13H25NOS/c1-3-12-8-11(6-7-15-12)14-10-4-5-13(9-10)16-2/h10-14H,3-9H2,1-2H3. The molecule has 1 saturated heterocycles. The summed E-state index contributed by atoms with van der Waals surface area (Å²) in [6, 6.07) is 1.49. The summed E-state index contributed by atoms with van der Waals surface area (Å²) in [5.74, 6) is 0. The highest BCUT2D eigenvalue weighted by molar-refractivity contribution is 7.99. The van der Waals surface area contributed by atoms with E-state index in [0.717, 1.165) is 24.3 Å². The van der Waals surface area contributed by atoms with E-state index in [1.54, 1.807) is 0 Å². The largest absolute Gasteiger partial charge is 0.378 e. The molecule has 0 bridgehead atoms. The smallest absolute Gasteiger partial charge is 0.0587 e. The number of thioether (sulfide) groups is 1. The molecule has 4 unspecified atom stereocenters. The van der Waals surface area contributed by atoms with Gasteiger partial charge in [0.1, 0.15) is 0 Å². The lowest BCUT2D eigenvalue weighted by atomic mass is 10.0. The van der Waals surface area contributed by atoms with Gasteiger partial charge in [0.25, 0.3) is 0 Å². The molecule has 0 aromatic carbocycles. The zero-order valence-corrected chi connectivity index (χ0v) is 11.4. The van der Waals surface area contributed by atoms with Crippen LogP contribution in [0.1, 0.15) is 45.4 Å². The maximum atomic E-state index is 5.72. The quantitative estimate of drug-likeness (QED) is 0.820. The monoisotopic (exact) mass is 243 g/mol. The first kappa shape index (κ1) is 12.7. The van der Waals surface area contributed by atoms with E-state index in [9.17, 15) is 0 Å². The van der Waals surface area contributed by atoms with Crippen molar-refractivity contribution in [3.05, 3.63) is 0 Å². The summed E-state index contributed by atoms with van der Waals surface area (Å²) in [6.07, 6.45) is 10.5. The van der Waals surface area contributed by atoms with Crippen LogP contribution in [0.15, 0.2) is 0 Å². The van der Waals surface area contributed by atoms with Gasteiger partial charge >= 0.3 is 0 Å². The lowest BCUT2D eigenvalue weighted by Gasteiger charge is -2.31. The molecule has 2 nitrogen and oxygen atoms in total. The number of nitrogens with one attached hydrogen (secondary N) is 1. The van der Waals surface area contributed by atoms with Crippen LogP contribution in [0.25, 0.3) is 0 Å². The second kappa shape index (κ2) is 6.27. The molecule has 16 heavy (non-hydrogen) atoms. The number of hydrogen-bond donors (Lipinski definition) is 1. The Kier molecular flexibility index (Phi) is 4.98. The fraction of sp³-hybridized carbons (Fsp3) is 1.00. The average Bonchev–Trinajstić information content (AvgIpc) is 2.77. The van der Waals surface area contributed by atoms with Gasteiger partial charge in [-0.1, -0.05) is 6.92 Å². The van der Waals surface area contributed by atoms with E-state index in [4.69, 9.17) is 4.74 Å². The first-order valence-electron chi connectivity index (χ1n) is 6.72. The molecule has 94 valence electrons. The molecule has 0 spiro atoms. The van der Waals surface area contributed by atoms with Gasteiger partial charge in [-0.05, 0) is 44.8 Å². The SMILES string of the molecule is CCC1CC(NC2CCC(SC)C2)CCO1. The van der Waals surface area contributed by atoms with E-state index in [0.29, 0.717) is 12.1 Å². The Morgan fingerprint density at radius 1 is 1.19 bits per heavy atom. The Bertz CT molecular complexity index is 212. The van der Waals surface area contributed by atoms with Crippen molar-refractivity contribution in [2.24, 2.45) is 0 Å². The Balaban J connectivity index is 1.73. The summed E-state index contributed by atoms with van der Waals surface area (Å²) in [5, 5.41) is 4.76. The minimum Gasteiger partial charge on any atom is -0.378 e. The van der Waals surface area contributed by atoms with Crippen molar-refractivity contribution in [2.45, 2.75) is 68.9 Å². The van der Waals surface area contributed by atoms with E-state index < -0.39 is 0 Å². The second-order valence-corrected chi connectivity index (χ2v) is 6.29. The van der Waals surface area contributed by atoms with E-state index in [1.165, 1.54) is 32.1 Å². The molecule has 2 rings (SSSR count). The van der Waals surface area contributed by atoms with Gasteiger partial charge < -0.3 is 10.1 Å². The molecule has 0 aromatic rings. The van der Waals surface area contributed by atoms with Gasteiger partial charge in [-0.2, -0.15) is 11.8 Å². The zero-order chi connectivity index (χ0) is 11.4. The molecule has 1 heterocycles. The fourth-order valence-electron chi connectivity index (χ4n) is 2.95. The van der Waals surface area contributed by atoms with Gasteiger partial charge in [-0.15, -0.1) is 0 Å². The molecule has 2 fully saturated rings. The van der Waals surface area contributed by atoms with Gasteiger partial charge in [-0.3, -0.25) is 0 Å². The molecule has 2 aliphatic rings. The molecule has 0 aromatic heterocycles. The van der Waals surface area contributed by atoms with E-state index in [2.05, 4.69) is 18.5 Å². The molecule has 0 amide bonds. The van der Waals surface area contributed by atoms with Gasteiger partial charge in [0, 0.05) is 23.9 Å². The molecule has 1 aliphatic carbocycles.